The van der Waals surface area contributed by atoms with Gasteiger partial charge in [0.1, 0.15) is 0 Å². The fourth-order valence-corrected chi connectivity index (χ4v) is 4.28. The quantitative estimate of drug-likeness (QED) is 0.815. The van der Waals surface area contributed by atoms with Gasteiger partial charge in [-0.05, 0) is 39.3 Å². The zero-order valence-corrected chi connectivity index (χ0v) is 12.4. The monoisotopic (exact) mass is 267 g/mol. The molecule has 19 heavy (non-hydrogen) atoms. The van der Waals surface area contributed by atoms with E-state index in [-0.39, 0.29) is 0 Å². The summed E-state index contributed by atoms with van der Waals surface area (Å²) in [6.45, 7) is 9.37. The van der Waals surface area contributed by atoms with E-state index in [1.165, 1.54) is 58.4 Å². The van der Waals surface area contributed by atoms with Gasteiger partial charge < -0.3 is 10.1 Å². The fraction of sp³-hybridized carbons (Fsp3) is 1.00. The smallest absolute Gasteiger partial charge is 0.0546 e. The van der Waals surface area contributed by atoms with E-state index >= 15 is 0 Å². The molecule has 0 aliphatic carbocycles. The standard InChI is InChI=1S/C15H29N3O/c1-16-11-15(5-3-9-19-13-15)12-17-7-8-18-6-2-4-14(18)10-17/h14,16H,2-13H2,1H3. The third-order valence-electron chi connectivity index (χ3n) is 5.19. The first-order valence-corrected chi connectivity index (χ1v) is 8.00. The Labute approximate surface area is 117 Å². The van der Waals surface area contributed by atoms with Crippen LogP contribution in [-0.2, 0) is 4.74 Å². The summed E-state index contributed by atoms with van der Waals surface area (Å²) in [5.74, 6) is 0. The van der Waals surface area contributed by atoms with Crippen LogP contribution in [0.5, 0.6) is 0 Å². The highest BCUT2D eigenvalue weighted by molar-refractivity contribution is 4.92. The average Bonchev–Trinajstić information content (AvgIpc) is 2.87. The molecule has 1 N–H and O–H groups in total. The molecule has 4 nitrogen and oxygen atoms in total. The first-order valence-electron chi connectivity index (χ1n) is 8.00. The zero-order chi connectivity index (χ0) is 13.1. The van der Waals surface area contributed by atoms with Crippen molar-refractivity contribution in [2.75, 3.05) is 59.5 Å². The Bertz CT molecular complexity index is 286. The van der Waals surface area contributed by atoms with Gasteiger partial charge in [0.05, 0.1) is 6.61 Å². The number of nitrogens with zero attached hydrogens (tertiary/aromatic N) is 2. The minimum absolute atomic E-state index is 0.355. The number of hydrogen-bond donors (Lipinski definition) is 1. The largest absolute Gasteiger partial charge is 0.381 e. The van der Waals surface area contributed by atoms with E-state index in [9.17, 15) is 0 Å². The Hall–Kier alpha value is -0.160. The van der Waals surface area contributed by atoms with Gasteiger partial charge in [0, 0.05) is 50.8 Å². The van der Waals surface area contributed by atoms with Gasteiger partial charge in [-0.2, -0.15) is 0 Å². The normalized spacial score (nSPS) is 37.4. The molecule has 3 aliphatic heterocycles. The molecule has 0 spiro atoms. The average molecular weight is 267 g/mol. The highest BCUT2D eigenvalue weighted by atomic mass is 16.5. The molecular formula is C15H29N3O. The van der Waals surface area contributed by atoms with Crippen LogP contribution in [0, 0.1) is 5.41 Å². The maximum Gasteiger partial charge on any atom is 0.0546 e. The maximum atomic E-state index is 5.79. The first-order chi connectivity index (χ1) is 9.31. The Balaban J connectivity index is 1.58. The van der Waals surface area contributed by atoms with Crippen molar-refractivity contribution in [3.63, 3.8) is 0 Å². The summed E-state index contributed by atoms with van der Waals surface area (Å²) in [7, 11) is 2.07. The highest BCUT2D eigenvalue weighted by Crippen LogP contribution is 2.31. The lowest BCUT2D eigenvalue weighted by Crippen LogP contribution is -2.55. The molecule has 0 aromatic carbocycles. The van der Waals surface area contributed by atoms with Crippen molar-refractivity contribution in [3.05, 3.63) is 0 Å². The Morgan fingerprint density at radius 3 is 3.00 bits per heavy atom. The molecule has 0 radical (unpaired) electrons. The second-order valence-corrected chi connectivity index (χ2v) is 6.75. The lowest BCUT2D eigenvalue weighted by Gasteiger charge is -2.44. The van der Waals surface area contributed by atoms with Crippen molar-refractivity contribution in [2.24, 2.45) is 5.41 Å². The summed E-state index contributed by atoms with van der Waals surface area (Å²) in [5, 5.41) is 3.40. The second-order valence-electron chi connectivity index (χ2n) is 6.75. The Kier molecular flexibility index (Phi) is 4.42. The van der Waals surface area contributed by atoms with Crippen LogP contribution in [-0.4, -0.2) is 75.4 Å². The van der Waals surface area contributed by atoms with Crippen LogP contribution in [0.4, 0.5) is 0 Å². The van der Waals surface area contributed by atoms with Crippen LogP contribution in [0.3, 0.4) is 0 Å². The molecular weight excluding hydrogens is 238 g/mol. The third kappa shape index (κ3) is 3.13. The number of rotatable bonds is 4. The van der Waals surface area contributed by atoms with Gasteiger partial charge >= 0.3 is 0 Å². The van der Waals surface area contributed by atoms with E-state index in [1.807, 2.05) is 0 Å². The minimum Gasteiger partial charge on any atom is -0.381 e. The molecule has 110 valence electrons. The van der Waals surface area contributed by atoms with E-state index in [4.69, 9.17) is 4.74 Å². The van der Waals surface area contributed by atoms with Gasteiger partial charge in [-0.1, -0.05) is 0 Å². The molecule has 0 aromatic rings. The van der Waals surface area contributed by atoms with Crippen molar-refractivity contribution in [1.29, 1.82) is 0 Å². The van der Waals surface area contributed by atoms with Gasteiger partial charge in [0.2, 0.25) is 0 Å². The van der Waals surface area contributed by atoms with E-state index in [0.29, 0.717) is 5.41 Å². The lowest BCUT2D eigenvalue weighted by atomic mass is 9.81. The lowest BCUT2D eigenvalue weighted by molar-refractivity contribution is -0.0354. The van der Waals surface area contributed by atoms with Crippen LogP contribution in [0.25, 0.3) is 0 Å². The molecule has 4 heteroatoms. The highest BCUT2D eigenvalue weighted by Gasteiger charge is 2.37. The summed E-state index contributed by atoms with van der Waals surface area (Å²) in [6.07, 6.45) is 5.36. The molecule has 3 aliphatic rings. The topological polar surface area (TPSA) is 27.7 Å². The summed E-state index contributed by atoms with van der Waals surface area (Å²) < 4.78 is 5.79. The number of fused-ring (bicyclic) bond motifs is 1. The number of ether oxygens (including phenoxy) is 1. The van der Waals surface area contributed by atoms with Crippen molar-refractivity contribution in [1.82, 2.24) is 15.1 Å². The zero-order valence-electron chi connectivity index (χ0n) is 12.4. The number of piperazine rings is 1. The summed E-state index contributed by atoms with van der Waals surface area (Å²) in [5.41, 5.74) is 0.355. The molecule has 0 bridgehead atoms. The van der Waals surface area contributed by atoms with E-state index < -0.39 is 0 Å². The Morgan fingerprint density at radius 1 is 1.26 bits per heavy atom. The third-order valence-corrected chi connectivity index (χ3v) is 5.19. The SMILES string of the molecule is CNCC1(CN2CCN3CCCC3C2)CCCOC1. The van der Waals surface area contributed by atoms with E-state index in [2.05, 4.69) is 22.2 Å². The van der Waals surface area contributed by atoms with Crippen LogP contribution >= 0.6 is 0 Å². The number of nitrogens with one attached hydrogen (secondary N) is 1. The summed E-state index contributed by atoms with van der Waals surface area (Å²) >= 11 is 0. The van der Waals surface area contributed by atoms with Gasteiger partial charge in [-0.15, -0.1) is 0 Å². The summed E-state index contributed by atoms with van der Waals surface area (Å²) in [6, 6.07) is 0.838. The van der Waals surface area contributed by atoms with Crippen LogP contribution in [0.2, 0.25) is 0 Å². The van der Waals surface area contributed by atoms with Crippen LogP contribution in [0.1, 0.15) is 25.7 Å². The molecule has 0 saturated carbocycles. The predicted molar refractivity (Wildman–Crippen MR) is 77.4 cm³/mol. The van der Waals surface area contributed by atoms with Crippen LogP contribution < -0.4 is 5.32 Å². The molecule has 3 heterocycles. The van der Waals surface area contributed by atoms with Crippen molar-refractivity contribution < 1.29 is 4.74 Å². The minimum atomic E-state index is 0.355. The van der Waals surface area contributed by atoms with E-state index in [0.717, 1.165) is 25.8 Å². The van der Waals surface area contributed by atoms with Gasteiger partial charge in [-0.25, -0.2) is 0 Å². The van der Waals surface area contributed by atoms with Crippen molar-refractivity contribution in [3.8, 4) is 0 Å². The van der Waals surface area contributed by atoms with Crippen molar-refractivity contribution >= 4 is 0 Å². The molecule has 0 amide bonds. The van der Waals surface area contributed by atoms with Gasteiger partial charge in [-0.3, -0.25) is 9.80 Å². The maximum absolute atomic E-state index is 5.79. The molecule has 3 saturated heterocycles. The van der Waals surface area contributed by atoms with Crippen LogP contribution in [0.15, 0.2) is 0 Å². The predicted octanol–water partition coefficient (Wildman–Crippen LogP) is 0.783. The van der Waals surface area contributed by atoms with Gasteiger partial charge in [0.25, 0.3) is 0 Å². The second kappa shape index (κ2) is 6.08. The van der Waals surface area contributed by atoms with E-state index in [1.54, 1.807) is 0 Å². The molecule has 2 unspecified atom stereocenters. The fourth-order valence-electron chi connectivity index (χ4n) is 4.28. The number of hydrogen-bond acceptors (Lipinski definition) is 4. The molecule has 3 rings (SSSR count). The molecule has 0 aromatic heterocycles. The summed E-state index contributed by atoms with van der Waals surface area (Å²) in [4.78, 5) is 5.40. The van der Waals surface area contributed by atoms with Crippen molar-refractivity contribution in [2.45, 2.75) is 31.7 Å². The van der Waals surface area contributed by atoms with Gasteiger partial charge in [0.15, 0.2) is 0 Å². The molecule has 2 atom stereocenters. The Morgan fingerprint density at radius 2 is 2.21 bits per heavy atom. The first kappa shape index (κ1) is 13.8. The molecule has 3 fully saturated rings.